The molecule has 1 fully saturated rings. The van der Waals surface area contributed by atoms with E-state index in [0.717, 1.165) is 18.7 Å². The van der Waals surface area contributed by atoms with Crippen molar-refractivity contribution in [3.05, 3.63) is 64.4 Å². The third kappa shape index (κ3) is 5.80. The van der Waals surface area contributed by atoms with E-state index in [2.05, 4.69) is 10.2 Å². The molecule has 1 atom stereocenters. The van der Waals surface area contributed by atoms with Gasteiger partial charge in [-0.2, -0.15) is 0 Å². The van der Waals surface area contributed by atoms with Gasteiger partial charge in [0.2, 0.25) is 5.91 Å². The Morgan fingerprint density at radius 1 is 1.20 bits per heavy atom. The van der Waals surface area contributed by atoms with Gasteiger partial charge in [-0.25, -0.2) is 12.8 Å². The molecule has 0 aliphatic carbocycles. The predicted octanol–water partition coefficient (Wildman–Crippen LogP) is 3.97. The fourth-order valence-electron chi connectivity index (χ4n) is 3.66. The van der Waals surface area contributed by atoms with Gasteiger partial charge in [0.1, 0.15) is 5.82 Å². The first-order valence-corrected chi connectivity index (χ1v) is 12.2. The van der Waals surface area contributed by atoms with Crippen molar-refractivity contribution in [2.24, 2.45) is 5.92 Å². The topological polar surface area (TPSA) is 66.5 Å². The molecule has 1 amide bonds. The van der Waals surface area contributed by atoms with Crippen LogP contribution in [0.1, 0.15) is 36.9 Å². The molecule has 3 rings (SSSR count). The second-order valence-corrected chi connectivity index (χ2v) is 10.3. The molecule has 0 bridgehead atoms. The Labute approximate surface area is 182 Å². The highest BCUT2D eigenvalue weighted by molar-refractivity contribution is 7.90. The van der Waals surface area contributed by atoms with Crippen LogP contribution in [0.15, 0.2) is 47.4 Å². The molecule has 0 aromatic heterocycles. The van der Waals surface area contributed by atoms with Gasteiger partial charge in [0.15, 0.2) is 9.84 Å². The molecule has 1 heterocycles. The standard InChI is InChI=1S/C22H26ClFN2O3S/c1-15(16-4-7-20(8-5-16)30(2,28)29)25-22(27)17-9-11-26(12-10-17)14-18-3-6-19(23)13-21(18)24/h3-8,13,15,17H,9-12,14H2,1-2H3,(H,25,27)/t15-/m1/s1. The van der Waals surface area contributed by atoms with Crippen LogP contribution in [0.5, 0.6) is 0 Å². The lowest BCUT2D eigenvalue weighted by atomic mass is 9.95. The number of hydrogen-bond donors (Lipinski definition) is 1. The van der Waals surface area contributed by atoms with Crippen molar-refractivity contribution in [3.8, 4) is 0 Å². The Morgan fingerprint density at radius 2 is 1.83 bits per heavy atom. The number of sulfone groups is 1. The Bertz CT molecular complexity index is 1000. The van der Waals surface area contributed by atoms with Crippen molar-refractivity contribution in [1.29, 1.82) is 0 Å². The minimum Gasteiger partial charge on any atom is -0.349 e. The van der Waals surface area contributed by atoms with E-state index in [4.69, 9.17) is 11.6 Å². The molecular formula is C22H26ClFN2O3S. The van der Waals surface area contributed by atoms with Crippen molar-refractivity contribution in [2.75, 3.05) is 19.3 Å². The minimum atomic E-state index is -3.24. The molecule has 5 nitrogen and oxygen atoms in total. The quantitative estimate of drug-likeness (QED) is 0.720. The predicted molar refractivity (Wildman–Crippen MR) is 116 cm³/mol. The van der Waals surface area contributed by atoms with E-state index in [-0.39, 0.29) is 28.6 Å². The number of nitrogens with one attached hydrogen (secondary N) is 1. The SMILES string of the molecule is C[C@@H](NC(=O)C1CCN(Cc2ccc(Cl)cc2F)CC1)c1ccc(S(C)(=O)=O)cc1. The Kier molecular flexibility index (Phi) is 7.16. The molecule has 162 valence electrons. The lowest BCUT2D eigenvalue weighted by Crippen LogP contribution is -2.41. The van der Waals surface area contributed by atoms with Crippen LogP contribution in [0.4, 0.5) is 4.39 Å². The Morgan fingerprint density at radius 3 is 2.40 bits per heavy atom. The Balaban J connectivity index is 1.51. The fraction of sp³-hybridized carbons (Fsp3) is 0.409. The number of benzene rings is 2. The van der Waals surface area contributed by atoms with Crippen molar-refractivity contribution in [3.63, 3.8) is 0 Å². The molecular weight excluding hydrogens is 427 g/mol. The van der Waals surface area contributed by atoms with Gasteiger partial charge < -0.3 is 5.32 Å². The molecule has 8 heteroatoms. The van der Waals surface area contributed by atoms with Gasteiger partial charge in [0.25, 0.3) is 0 Å². The number of amides is 1. The fourth-order valence-corrected chi connectivity index (χ4v) is 4.45. The first kappa shape index (κ1) is 22.7. The van der Waals surface area contributed by atoms with E-state index in [9.17, 15) is 17.6 Å². The summed E-state index contributed by atoms with van der Waals surface area (Å²) in [5.41, 5.74) is 1.46. The van der Waals surface area contributed by atoms with Crippen LogP contribution in [0.25, 0.3) is 0 Å². The number of carbonyl (C=O) groups excluding carboxylic acids is 1. The molecule has 0 unspecified atom stereocenters. The average molecular weight is 453 g/mol. The lowest BCUT2D eigenvalue weighted by molar-refractivity contribution is -0.127. The number of hydrogen-bond acceptors (Lipinski definition) is 4. The largest absolute Gasteiger partial charge is 0.349 e. The Hall–Kier alpha value is -1.96. The third-order valence-corrected chi connectivity index (χ3v) is 6.90. The highest BCUT2D eigenvalue weighted by atomic mass is 35.5. The summed E-state index contributed by atoms with van der Waals surface area (Å²) in [6.07, 6.45) is 2.59. The van der Waals surface area contributed by atoms with Gasteiger partial charge in [-0.05, 0) is 62.7 Å². The summed E-state index contributed by atoms with van der Waals surface area (Å²) in [6.45, 7) is 3.82. The number of halogens is 2. The first-order chi connectivity index (χ1) is 14.1. The van der Waals surface area contributed by atoms with Gasteiger partial charge in [-0.15, -0.1) is 0 Å². The first-order valence-electron chi connectivity index (χ1n) is 9.90. The molecule has 0 saturated carbocycles. The zero-order valence-electron chi connectivity index (χ0n) is 17.1. The maximum absolute atomic E-state index is 14.0. The number of rotatable bonds is 6. The highest BCUT2D eigenvalue weighted by Gasteiger charge is 2.26. The van der Waals surface area contributed by atoms with Crippen LogP contribution in [-0.4, -0.2) is 38.6 Å². The monoisotopic (exact) mass is 452 g/mol. The summed E-state index contributed by atoms with van der Waals surface area (Å²) in [6, 6.07) is 11.1. The van der Waals surface area contributed by atoms with Crippen molar-refractivity contribution >= 4 is 27.3 Å². The number of piperidine rings is 1. The van der Waals surface area contributed by atoms with Crippen molar-refractivity contribution in [1.82, 2.24) is 10.2 Å². The molecule has 1 aliphatic rings. The number of likely N-dealkylation sites (tertiary alicyclic amines) is 1. The maximum atomic E-state index is 14.0. The van der Waals surface area contributed by atoms with E-state index in [1.54, 1.807) is 36.4 Å². The smallest absolute Gasteiger partial charge is 0.223 e. The van der Waals surface area contributed by atoms with E-state index in [0.29, 0.717) is 30.0 Å². The lowest BCUT2D eigenvalue weighted by Gasteiger charge is -2.32. The van der Waals surface area contributed by atoms with E-state index < -0.39 is 9.84 Å². The maximum Gasteiger partial charge on any atom is 0.223 e. The second kappa shape index (κ2) is 9.45. The van der Waals surface area contributed by atoms with Crippen LogP contribution in [0.3, 0.4) is 0 Å². The zero-order chi connectivity index (χ0) is 21.9. The highest BCUT2D eigenvalue weighted by Crippen LogP contribution is 2.23. The molecule has 0 spiro atoms. The van der Waals surface area contributed by atoms with Crippen LogP contribution >= 0.6 is 11.6 Å². The molecule has 2 aromatic carbocycles. The van der Waals surface area contributed by atoms with E-state index in [1.165, 1.54) is 12.3 Å². The molecule has 1 N–H and O–H groups in total. The van der Waals surface area contributed by atoms with E-state index >= 15 is 0 Å². The van der Waals surface area contributed by atoms with Gasteiger partial charge in [0.05, 0.1) is 10.9 Å². The molecule has 2 aromatic rings. The summed E-state index contributed by atoms with van der Waals surface area (Å²) < 4.78 is 37.1. The van der Waals surface area contributed by atoms with Crippen molar-refractivity contribution in [2.45, 2.75) is 37.2 Å². The minimum absolute atomic E-state index is 0.00740. The number of carbonyl (C=O) groups is 1. The zero-order valence-corrected chi connectivity index (χ0v) is 18.6. The van der Waals surface area contributed by atoms with Crippen molar-refractivity contribution < 1.29 is 17.6 Å². The average Bonchev–Trinajstić information content (AvgIpc) is 2.70. The van der Waals surface area contributed by atoms with Crippen LogP contribution < -0.4 is 5.32 Å². The summed E-state index contributed by atoms with van der Waals surface area (Å²) in [5.74, 6) is -0.404. The normalized spacial score (nSPS) is 16.9. The molecule has 0 radical (unpaired) electrons. The van der Waals surface area contributed by atoms with Gasteiger partial charge in [0, 0.05) is 29.3 Å². The van der Waals surface area contributed by atoms with E-state index in [1.807, 2.05) is 6.92 Å². The van der Waals surface area contributed by atoms with Gasteiger partial charge >= 0.3 is 0 Å². The van der Waals surface area contributed by atoms with Crippen LogP contribution in [0.2, 0.25) is 5.02 Å². The summed E-state index contributed by atoms with van der Waals surface area (Å²) >= 11 is 5.80. The summed E-state index contributed by atoms with van der Waals surface area (Å²) in [5, 5.41) is 3.40. The van der Waals surface area contributed by atoms with Crippen LogP contribution in [0, 0.1) is 11.7 Å². The van der Waals surface area contributed by atoms with Gasteiger partial charge in [-0.3, -0.25) is 9.69 Å². The summed E-state index contributed by atoms with van der Waals surface area (Å²) in [4.78, 5) is 15.1. The van der Waals surface area contributed by atoms with Gasteiger partial charge in [-0.1, -0.05) is 29.8 Å². The number of nitrogens with zero attached hydrogens (tertiary/aromatic N) is 1. The molecule has 1 aliphatic heterocycles. The summed E-state index contributed by atoms with van der Waals surface area (Å²) in [7, 11) is -3.24. The molecule has 1 saturated heterocycles. The molecule has 30 heavy (non-hydrogen) atoms. The van der Waals surface area contributed by atoms with Crippen LogP contribution in [-0.2, 0) is 21.2 Å². The third-order valence-electron chi connectivity index (χ3n) is 5.53. The second-order valence-electron chi connectivity index (χ2n) is 7.86.